The molecule has 0 aromatic rings. The molecule has 0 aliphatic carbocycles. The van der Waals surface area contributed by atoms with Gasteiger partial charge in [-0.2, -0.15) is 11.8 Å². The summed E-state index contributed by atoms with van der Waals surface area (Å²) in [5.41, 5.74) is 0. The monoisotopic (exact) mass is 260 g/mol. The number of thioether (sulfide) groups is 1. The maximum Gasteiger partial charge on any atom is 0.222 e. The number of rotatable bonds is 9. The molecule has 0 bridgehead atoms. The molecule has 1 atom stereocenters. The third-order valence-electron chi connectivity index (χ3n) is 2.91. The first-order valence-corrected chi connectivity index (χ1v) is 7.86. The lowest BCUT2D eigenvalue weighted by molar-refractivity contribution is -0.131. The first-order valence-electron chi connectivity index (χ1n) is 6.47. The van der Waals surface area contributed by atoms with Gasteiger partial charge in [-0.05, 0) is 38.3 Å². The summed E-state index contributed by atoms with van der Waals surface area (Å²) in [5, 5.41) is 3.33. The molecule has 0 aliphatic rings. The lowest BCUT2D eigenvalue weighted by Crippen LogP contribution is -2.36. The second kappa shape index (κ2) is 9.77. The topological polar surface area (TPSA) is 32.3 Å². The molecule has 0 saturated heterocycles. The Morgan fingerprint density at radius 3 is 2.53 bits per heavy atom. The highest BCUT2D eigenvalue weighted by Crippen LogP contribution is 2.08. The Balaban J connectivity index is 3.73. The van der Waals surface area contributed by atoms with E-state index in [1.165, 1.54) is 0 Å². The molecule has 0 fully saturated rings. The van der Waals surface area contributed by atoms with E-state index >= 15 is 0 Å². The van der Waals surface area contributed by atoms with Crippen molar-refractivity contribution in [3.63, 3.8) is 0 Å². The number of hydrogen-bond acceptors (Lipinski definition) is 3. The van der Waals surface area contributed by atoms with Crippen LogP contribution in [-0.4, -0.2) is 48.5 Å². The van der Waals surface area contributed by atoms with E-state index in [4.69, 9.17) is 0 Å². The van der Waals surface area contributed by atoms with E-state index in [2.05, 4.69) is 32.3 Å². The van der Waals surface area contributed by atoms with Crippen LogP contribution in [0.3, 0.4) is 0 Å². The SMILES string of the molecule is CSCCC(C)N(C)C(=O)CCCNC(C)C. The van der Waals surface area contributed by atoms with Gasteiger partial charge in [0.2, 0.25) is 5.91 Å². The molecule has 1 amide bonds. The number of nitrogens with one attached hydrogen (secondary N) is 1. The molecule has 1 unspecified atom stereocenters. The molecule has 0 spiro atoms. The highest BCUT2D eigenvalue weighted by molar-refractivity contribution is 7.98. The normalized spacial score (nSPS) is 12.8. The van der Waals surface area contributed by atoms with Gasteiger partial charge in [0.1, 0.15) is 0 Å². The molecule has 0 rings (SSSR count). The fourth-order valence-electron chi connectivity index (χ4n) is 1.53. The summed E-state index contributed by atoms with van der Waals surface area (Å²) in [6.45, 7) is 7.30. The van der Waals surface area contributed by atoms with Crippen molar-refractivity contribution in [1.29, 1.82) is 0 Å². The van der Waals surface area contributed by atoms with Crippen LogP contribution in [0.15, 0.2) is 0 Å². The molecular formula is C13H28N2OS. The van der Waals surface area contributed by atoms with Crippen LogP contribution in [0.4, 0.5) is 0 Å². The van der Waals surface area contributed by atoms with Crippen molar-refractivity contribution in [2.75, 3.05) is 25.6 Å². The Morgan fingerprint density at radius 1 is 1.35 bits per heavy atom. The minimum Gasteiger partial charge on any atom is -0.343 e. The minimum atomic E-state index is 0.268. The number of hydrogen-bond donors (Lipinski definition) is 1. The van der Waals surface area contributed by atoms with Gasteiger partial charge in [0, 0.05) is 25.6 Å². The highest BCUT2D eigenvalue weighted by atomic mass is 32.2. The smallest absolute Gasteiger partial charge is 0.222 e. The summed E-state index contributed by atoms with van der Waals surface area (Å²) in [6, 6.07) is 0.858. The molecule has 0 heterocycles. The van der Waals surface area contributed by atoms with Crippen LogP contribution in [0.25, 0.3) is 0 Å². The lowest BCUT2D eigenvalue weighted by atomic mass is 10.2. The molecule has 0 saturated carbocycles. The fourth-order valence-corrected chi connectivity index (χ4v) is 2.11. The zero-order chi connectivity index (χ0) is 13.3. The van der Waals surface area contributed by atoms with Gasteiger partial charge in [-0.3, -0.25) is 4.79 Å². The molecule has 0 radical (unpaired) electrons. The maximum absolute atomic E-state index is 11.9. The number of carbonyl (C=O) groups excluding carboxylic acids is 1. The standard InChI is InChI=1S/C13H28N2OS/c1-11(2)14-9-6-7-13(16)15(4)12(3)8-10-17-5/h11-12,14H,6-10H2,1-5H3. The summed E-state index contributed by atoms with van der Waals surface area (Å²) in [4.78, 5) is 13.8. The van der Waals surface area contributed by atoms with Crippen LogP contribution in [-0.2, 0) is 4.79 Å². The van der Waals surface area contributed by atoms with Crippen molar-refractivity contribution in [3.8, 4) is 0 Å². The number of amides is 1. The molecule has 4 heteroatoms. The van der Waals surface area contributed by atoms with E-state index in [0.29, 0.717) is 18.5 Å². The van der Waals surface area contributed by atoms with Gasteiger partial charge in [-0.25, -0.2) is 0 Å². The molecule has 0 aromatic carbocycles. The van der Waals surface area contributed by atoms with Crippen LogP contribution in [0.2, 0.25) is 0 Å². The summed E-state index contributed by atoms with van der Waals surface area (Å²) < 4.78 is 0. The molecule has 17 heavy (non-hydrogen) atoms. The Morgan fingerprint density at radius 2 is 2.00 bits per heavy atom. The average molecular weight is 260 g/mol. The molecule has 0 aromatic heterocycles. The molecule has 3 nitrogen and oxygen atoms in total. The van der Waals surface area contributed by atoms with Crippen LogP contribution in [0.1, 0.15) is 40.0 Å². The summed E-state index contributed by atoms with van der Waals surface area (Å²) in [5.74, 6) is 1.39. The fraction of sp³-hybridized carbons (Fsp3) is 0.923. The zero-order valence-electron chi connectivity index (χ0n) is 12.0. The Hall–Kier alpha value is -0.220. The van der Waals surface area contributed by atoms with Gasteiger partial charge in [-0.15, -0.1) is 0 Å². The van der Waals surface area contributed by atoms with Crippen LogP contribution < -0.4 is 5.32 Å². The van der Waals surface area contributed by atoms with E-state index in [9.17, 15) is 4.79 Å². The van der Waals surface area contributed by atoms with Gasteiger partial charge in [0.25, 0.3) is 0 Å². The van der Waals surface area contributed by atoms with E-state index in [0.717, 1.165) is 25.1 Å². The second-order valence-electron chi connectivity index (χ2n) is 4.85. The van der Waals surface area contributed by atoms with E-state index in [1.54, 1.807) is 0 Å². The third kappa shape index (κ3) is 8.50. The van der Waals surface area contributed by atoms with Gasteiger partial charge in [-0.1, -0.05) is 13.8 Å². The first-order chi connectivity index (χ1) is 7.99. The molecular weight excluding hydrogens is 232 g/mol. The molecule has 102 valence electrons. The van der Waals surface area contributed by atoms with Crippen molar-refractivity contribution >= 4 is 17.7 Å². The average Bonchev–Trinajstić information content (AvgIpc) is 2.30. The first kappa shape index (κ1) is 16.8. The van der Waals surface area contributed by atoms with Crippen molar-refractivity contribution in [3.05, 3.63) is 0 Å². The van der Waals surface area contributed by atoms with Crippen LogP contribution >= 0.6 is 11.8 Å². The van der Waals surface area contributed by atoms with Crippen molar-refractivity contribution in [2.45, 2.75) is 52.1 Å². The number of nitrogens with zero attached hydrogens (tertiary/aromatic N) is 1. The van der Waals surface area contributed by atoms with Crippen LogP contribution in [0, 0.1) is 0 Å². The van der Waals surface area contributed by atoms with Crippen molar-refractivity contribution < 1.29 is 4.79 Å². The second-order valence-corrected chi connectivity index (χ2v) is 5.83. The predicted octanol–water partition coefficient (Wildman–Crippen LogP) is 2.36. The quantitative estimate of drug-likeness (QED) is 0.646. The van der Waals surface area contributed by atoms with Crippen LogP contribution in [0.5, 0.6) is 0 Å². The largest absolute Gasteiger partial charge is 0.343 e. The summed E-state index contributed by atoms with van der Waals surface area (Å²) >= 11 is 1.84. The third-order valence-corrected chi connectivity index (χ3v) is 3.56. The van der Waals surface area contributed by atoms with Crippen molar-refractivity contribution in [2.24, 2.45) is 0 Å². The predicted molar refractivity (Wildman–Crippen MR) is 77.6 cm³/mol. The van der Waals surface area contributed by atoms with E-state index in [-0.39, 0.29) is 5.91 Å². The van der Waals surface area contributed by atoms with E-state index in [1.807, 2.05) is 23.7 Å². The Bertz CT molecular complexity index is 210. The zero-order valence-corrected chi connectivity index (χ0v) is 12.8. The minimum absolute atomic E-state index is 0.268. The lowest BCUT2D eigenvalue weighted by Gasteiger charge is -2.25. The molecule has 1 N–H and O–H groups in total. The van der Waals surface area contributed by atoms with Gasteiger partial charge in [0.05, 0.1) is 0 Å². The van der Waals surface area contributed by atoms with Crippen molar-refractivity contribution in [1.82, 2.24) is 10.2 Å². The highest BCUT2D eigenvalue weighted by Gasteiger charge is 2.14. The Labute approximate surface area is 111 Å². The van der Waals surface area contributed by atoms with Gasteiger partial charge in [0.15, 0.2) is 0 Å². The van der Waals surface area contributed by atoms with Gasteiger partial charge < -0.3 is 10.2 Å². The summed E-state index contributed by atoms with van der Waals surface area (Å²) in [7, 11) is 1.92. The summed E-state index contributed by atoms with van der Waals surface area (Å²) in [6.07, 6.45) is 4.76. The number of carbonyl (C=O) groups is 1. The van der Waals surface area contributed by atoms with Gasteiger partial charge >= 0.3 is 0 Å². The molecule has 0 aliphatic heterocycles. The maximum atomic E-state index is 11.9. The Kier molecular flexibility index (Phi) is 9.65. The van der Waals surface area contributed by atoms with E-state index < -0.39 is 0 Å².